The molecule has 1 fully saturated rings. The van der Waals surface area contributed by atoms with Crippen molar-refractivity contribution in [1.29, 1.82) is 0 Å². The van der Waals surface area contributed by atoms with Gasteiger partial charge in [0.2, 0.25) is 5.91 Å². The Hall–Kier alpha value is -2.74. The number of carbonyl (C=O) groups is 2. The molecule has 2 unspecified atom stereocenters. The molecule has 1 aromatic heterocycles. The molecule has 1 aromatic carbocycles. The average Bonchev–Trinajstić information content (AvgIpc) is 2.76. The van der Waals surface area contributed by atoms with E-state index in [1.807, 2.05) is 47.8 Å². The number of aromatic nitrogens is 1. The summed E-state index contributed by atoms with van der Waals surface area (Å²) in [4.78, 5) is 40.3. The predicted octanol–water partition coefficient (Wildman–Crippen LogP) is 3.35. The van der Waals surface area contributed by atoms with Gasteiger partial charge in [-0.3, -0.25) is 9.59 Å². The van der Waals surface area contributed by atoms with Crippen molar-refractivity contribution in [3.8, 4) is 0 Å². The lowest BCUT2D eigenvalue weighted by Crippen LogP contribution is -2.55. The highest BCUT2D eigenvalue weighted by atomic mass is 32.2. The van der Waals surface area contributed by atoms with Crippen molar-refractivity contribution in [3.05, 3.63) is 63.6 Å². The number of hydrogen-bond acceptors (Lipinski definition) is 4. The van der Waals surface area contributed by atoms with Crippen LogP contribution in [0, 0.1) is 19.8 Å². The molecule has 3 amide bonds. The van der Waals surface area contributed by atoms with Gasteiger partial charge in [0.15, 0.2) is 0 Å². The maximum atomic E-state index is 13.2. The van der Waals surface area contributed by atoms with Crippen LogP contribution in [0.3, 0.4) is 0 Å². The lowest BCUT2D eigenvalue weighted by molar-refractivity contribution is -0.118. The van der Waals surface area contributed by atoms with Crippen molar-refractivity contribution in [3.63, 3.8) is 0 Å². The SMILES string of the molecule is CSCC[C@H](NC(=O)N1CC2CC(C1)c1cccc(=O)n1C2)C(=O)Nc1cc(C)cc(C)c1. The molecule has 2 N–H and O–H groups in total. The van der Waals surface area contributed by atoms with Crippen molar-refractivity contribution in [2.75, 3.05) is 30.4 Å². The first-order valence-corrected chi connectivity index (χ1v) is 12.9. The topological polar surface area (TPSA) is 83.4 Å². The molecule has 2 bridgehead atoms. The Morgan fingerprint density at radius 2 is 1.88 bits per heavy atom. The number of aryl methyl sites for hydroxylation is 2. The monoisotopic (exact) mass is 468 g/mol. The van der Waals surface area contributed by atoms with Crippen LogP contribution in [0.4, 0.5) is 10.5 Å². The van der Waals surface area contributed by atoms with Gasteiger partial charge >= 0.3 is 6.03 Å². The van der Waals surface area contributed by atoms with E-state index in [2.05, 4.69) is 16.7 Å². The summed E-state index contributed by atoms with van der Waals surface area (Å²) in [6, 6.07) is 10.5. The third-order valence-electron chi connectivity index (χ3n) is 6.48. The Kier molecular flexibility index (Phi) is 7.12. The number of nitrogens with zero attached hydrogens (tertiary/aromatic N) is 2. The lowest BCUT2D eigenvalue weighted by atomic mass is 9.83. The number of amides is 3. The molecule has 4 rings (SSSR count). The minimum atomic E-state index is -0.609. The highest BCUT2D eigenvalue weighted by Gasteiger charge is 2.37. The first kappa shape index (κ1) is 23.4. The molecule has 2 aromatic rings. The van der Waals surface area contributed by atoms with E-state index >= 15 is 0 Å². The zero-order valence-electron chi connectivity index (χ0n) is 19.5. The number of rotatable bonds is 6. The van der Waals surface area contributed by atoms with E-state index in [0.717, 1.165) is 34.7 Å². The molecular formula is C25H32N4O3S. The fourth-order valence-electron chi connectivity index (χ4n) is 5.08. The molecule has 3 atom stereocenters. The van der Waals surface area contributed by atoms with E-state index in [0.29, 0.717) is 26.1 Å². The molecule has 2 aliphatic rings. The van der Waals surface area contributed by atoms with Crippen LogP contribution in [0.25, 0.3) is 0 Å². The minimum Gasteiger partial charge on any atom is -0.326 e. The summed E-state index contributed by atoms with van der Waals surface area (Å²) < 4.78 is 1.85. The Labute approximate surface area is 198 Å². The number of nitrogens with one attached hydrogen (secondary N) is 2. The first-order chi connectivity index (χ1) is 15.8. The normalized spacial score (nSPS) is 20.0. The van der Waals surface area contributed by atoms with Crippen LogP contribution in [-0.2, 0) is 11.3 Å². The fourth-order valence-corrected chi connectivity index (χ4v) is 5.55. The average molecular weight is 469 g/mol. The predicted molar refractivity (Wildman–Crippen MR) is 133 cm³/mol. The van der Waals surface area contributed by atoms with Crippen molar-refractivity contribution in [2.45, 2.75) is 45.2 Å². The van der Waals surface area contributed by atoms with Crippen molar-refractivity contribution in [2.24, 2.45) is 5.92 Å². The van der Waals surface area contributed by atoms with Gasteiger partial charge in [-0.1, -0.05) is 12.1 Å². The number of anilines is 1. The van der Waals surface area contributed by atoms with Gasteiger partial charge in [-0.25, -0.2) is 4.79 Å². The van der Waals surface area contributed by atoms with E-state index in [4.69, 9.17) is 0 Å². The lowest BCUT2D eigenvalue weighted by Gasteiger charge is -2.43. The number of pyridine rings is 1. The number of carbonyl (C=O) groups excluding carboxylic acids is 2. The maximum Gasteiger partial charge on any atom is 0.318 e. The quantitative estimate of drug-likeness (QED) is 0.681. The molecule has 1 saturated heterocycles. The second-order valence-electron chi connectivity index (χ2n) is 9.25. The number of urea groups is 1. The number of likely N-dealkylation sites (tertiary alicyclic amines) is 1. The van der Waals surface area contributed by atoms with Crippen molar-refractivity contribution in [1.82, 2.24) is 14.8 Å². The standard InChI is InChI=1S/C25H32N4O3S/c1-16-9-17(2)11-20(10-16)26-24(31)21(7-8-33-3)27-25(32)28-13-18-12-19(15-28)22-5-4-6-23(30)29(22)14-18/h4-6,9-11,18-19,21H,7-8,12-15H2,1-3H3,(H,26,31)(H,27,32)/t18?,19?,21-/m0/s1. The molecule has 3 heterocycles. The van der Waals surface area contributed by atoms with Crippen molar-refractivity contribution < 1.29 is 9.59 Å². The van der Waals surface area contributed by atoms with E-state index in [9.17, 15) is 14.4 Å². The van der Waals surface area contributed by atoms with E-state index < -0.39 is 6.04 Å². The summed E-state index contributed by atoms with van der Waals surface area (Å²) in [7, 11) is 0. The summed E-state index contributed by atoms with van der Waals surface area (Å²) in [5.74, 6) is 0.963. The first-order valence-electron chi connectivity index (χ1n) is 11.5. The zero-order valence-corrected chi connectivity index (χ0v) is 20.3. The van der Waals surface area contributed by atoms with Gasteiger partial charge in [0.1, 0.15) is 6.04 Å². The van der Waals surface area contributed by atoms with Gasteiger partial charge in [-0.2, -0.15) is 11.8 Å². The van der Waals surface area contributed by atoms with Crippen LogP contribution in [0.5, 0.6) is 0 Å². The van der Waals surface area contributed by atoms with Gasteiger partial charge in [0.05, 0.1) is 0 Å². The van der Waals surface area contributed by atoms with Gasteiger partial charge in [-0.15, -0.1) is 0 Å². The number of fused-ring (bicyclic) bond motifs is 4. The summed E-state index contributed by atoms with van der Waals surface area (Å²) in [5.41, 5.74) is 3.93. The molecule has 176 valence electrons. The van der Waals surface area contributed by atoms with Crippen molar-refractivity contribution >= 4 is 29.4 Å². The smallest absolute Gasteiger partial charge is 0.318 e. The van der Waals surface area contributed by atoms with Gasteiger partial charge in [-0.05, 0) is 73.9 Å². The van der Waals surface area contributed by atoms with Gasteiger partial charge in [0.25, 0.3) is 5.56 Å². The van der Waals surface area contributed by atoms with E-state index in [1.165, 1.54) is 0 Å². The second kappa shape index (κ2) is 10.0. The zero-order chi connectivity index (χ0) is 23.5. The Bertz CT molecular complexity index is 1080. The number of thioether (sulfide) groups is 1. The molecule has 33 heavy (non-hydrogen) atoms. The van der Waals surface area contributed by atoms with E-state index in [1.54, 1.807) is 23.9 Å². The van der Waals surface area contributed by atoms with Crippen LogP contribution >= 0.6 is 11.8 Å². The van der Waals surface area contributed by atoms with Crippen LogP contribution in [0.15, 0.2) is 41.2 Å². The van der Waals surface area contributed by atoms with E-state index in [-0.39, 0.29) is 29.3 Å². The Balaban J connectivity index is 1.45. The summed E-state index contributed by atoms with van der Waals surface area (Å²) >= 11 is 1.65. The molecule has 2 aliphatic heterocycles. The number of hydrogen-bond donors (Lipinski definition) is 2. The maximum absolute atomic E-state index is 13.2. The van der Waals surface area contributed by atoms with Crippen LogP contribution in [0.1, 0.15) is 35.6 Å². The van der Waals surface area contributed by atoms with Gasteiger partial charge in [0, 0.05) is 43.0 Å². The molecular weight excluding hydrogens is 436 g/mol. The molecule has 0 spiro atoms. The Morgan fingerprint density at radius 1 is 1.12 bits per heavy atom. The van der Waals surface area contributed by atoms with Crippen LogP contribution < -0.4 is 16.2 Å². The molecule has 0 radical (unpaired) electrons. The Morgan fingerprint density at radius 3 is 2.61 bits per heavy atom. The minimum absolute atomic E-state index is 0.0280. The summed E-state index contributed by atoms with van der Waals surface area (Å²) in [5, 5.41) is 5.97. The van der Waals surface area contributed by atoms with Gasteiger partial charge < -0.3 is 20.1 Å². The second-order valence-corrected chi connectivity index (χ2v) is 10.2. The van der Waals surface area contributed by atoms with Crippen LogP contribution in [-0.4, -0.2) is 52.5 Å². The number of piperidine rings is 1. The van der Waals surface area contributed by atoms with Crippen LogP contribution in [0.2, 0.25) is 0 Å². The summed E-state index contributed by atoms with van der Waals surface area (Å²) in [6.07, 6.45) is 3.53. The highest BCUT2D eigenvalue weighted by molar-refractivity contribution is 7.98. The third-order valence-corrected chi connectivity index (χ3v) is 7.12. The number of benzene rings is 1. The molecule has 8 heteroatoms. The fraction of sp³-hybridized carbons (Fsp3) is 0.480. The largest absolute Gasteiger partial charge is 0.326 e. The molecule has 0 saturated carbocycles. The molecule has 7 nitrogen and oxygen atoms in total. The third kappa shape index (κ3) is 5.43. The highest BCUT2D eigenvalue weighted by Crippen LogP contribution is 2.34. The molecule has 0 aliphatic carbocycles. The summed E-state index contributed by atoms with van der Waals surface area (Å²) in [6.45, 7) is 5.78.